The standard InChI is InChI=1S/C8H16N2/c1-5-10-6-7(2)9(4)8(10)3/h6,8H,5H2,1-4H3/t8-/m0/s1. The largest absolute Gasteiger partial charge is 0.357 e. The summed E-state index contributed by atoms with van der Waals surface area (Å²) in [6.45, 7) is 7.64. The molecule has 1 rings (SSSR count). The average molecular weight is 140 g/mol. The Morgan fingerprint density at radius 2 is 2.20 bits per heavy atom. The monoisotopic (exact) mass is 140 g/mol. The van der Waals surface area contributed by atoms with Gasteiger partial charge in [-0.2, -0.15) is 0 Å². The highest BCUT2D eigenvalue weighted by Crippen LogP contribution is 2.18. The fourth-order valence-corrected chi connectivity index (χ4v) is 1.31. The van der Waals surface area contributed by atoms with Crippen molar-refractivity contribution in [2.24, 2.45) is 0 Å². The van der Waals surface area contributed by atoms with Crippen molar-refractivity contribution >= 4 is 0 Å². The van der Waals surface area contributed by atoms with Crippen LogP contribution < -0.4 is 0 Å². The zero-order valence-electron chi connectivity index (χ0n) is 7.26. The molecule has 0 amide bonds. The number of hydrogen-bond acceptors (Lipinski definition) is 2. The lowest BCUT2D eigenvalue weighted by Gasteiger charge is -2.26. The lowest BCUT2D eigenvalue weighted by atomic mass is 10.4. The number of rotatable bonds is 1. The van der Waals surface area contributed by atoms with Crippen LogP contribution in [0.15, 0.2) is 11.9 Å². The Bertz CT molecular complexity index is 151. The van der Waals surface area contributed by atoms with Gasteiger partial charge in [0.1, 0.15) is 0 Å². The van der Waals surface area contributed by atoms with E-state index in [0.29, 0.717) is 6.17 Å². The summed E-state index contributed by atoms with van der Waals surface area (Å²) in [6, 6.07) is 0. The predicted octanol–water partition coefficient (Wildman–Crippen LogP) is 1.46. The molecule has 2 heteroatoms. The molecular weight excluding hydrogens is 124 g/mol. The van der Waals surface area contributed by atoms with E-state index in [-0.39, 0.29) is 0 Å². The lowest BCUT2D eigenvalue weighted by molar-refractivity contribution is 0.195. The first kappa shape index (κ1) is 7.45. The van der Waals surface area contributed by atoms with Gasteiger partial charge < -0.3 is 9.80 Å². The van der Waals surface area contributed by atoms with Crippen LogP contribution in [0.25, 0.3) is 0 Å². The number of hydrogen-bond donors (Lipinski definition) is 0. The van der Waals surface area contributed by atoms with Crippen LogP contribution in [0.1, 0.15) is 20.8 Å². The van der Waals surface area contributed by atoms with Gasteiger partial charge in [0.2, 0.25) is 0 Å². The van der Waals surface area contributed by atoms with Gasteiger partial charge in [-0.3, -0.25) is 0 Å². The molecule has 0 aromatic carbocycles. The molecule has 58 valence electrons. The Hall–Kier alpha value is -0.660. The third kappa shape index (κ3) is 0.981. The Labute approximate surface area is 63.1 Å². The highest BCUT2D eigenvalue weighted by Gasteiger charge is 2.20. The van der Waals surface area contributed by atoms with Crippen molar-refractivity contribution in [3.63, 3.8) is 0 Å². The molecule has 0 aromatic heterocycles. The number of nitrogens with zero attached hydrogens (tertiary/aromatic N) is 2. The van der Waals surface area contributed by atoms with Gasteiger partial charge in [-0.05, 0) is 20.8 Å². The molecule has 0 saturated carbocycles. The molecule has 0 bridgehead atoms. The summed E-state index contributed by atoms with van der Waals surface area (Å²) in [4.78, 5) is 4.61. The summed E-state index contributed by atoms with van der Waals surface area (Å²) < 4.78 is 0. The summed E-state index contributed by atoms with van der Waals surface area (Å²) in [5.74, 6) is 0. The van der Waals surface area contributed by atoms with E-state index in [4.69, 9.17) is 0 Å². The van der Waals surface area contributed by atoms with Gasteiger partial charge in [0.25, 0.3) is 0 Å². The molecule has 0 spiro atoms. The van der Waals surface area contributed by atoms with Gasteiger partial charge in [-0.15, -0.1) is 0 Å². The van der Waals surface area contributed by atoms with Crippen LogP contribution >= 0.6 is 0 Å². The molecule has 1 aliphatic rings. The predicted molar refractivity (Wildman–Crippen MR) is 43.4 cm³/mol. The van der Waals surface area contributed by atoms with Gasteiger partial charge in [0.15, 0.2) is 0 Å². The van der Waals surface area contributed by atoms with E-state index in [1.165, 1.54) is 5.70 Å². The van der Waals surface area contributed by atoms with Crippen molar-refractivity contribution in [1.82, 2.24) is 9.80 Å². The van der Waals surface area contributed by atoms with Gasteiger partial charge in [0.05, 0.1) is 6.17 Å². The van der Waals surface area contributed by atoms with Crippen LogP contribution in [0.4, 0.5) is 0 Å². The molecular formula is C8H16N2. The van der Waals surface area contributed by atoms with Crippen molar-refractivity contribution in [1.29, 1.82) is 0 Å². The van der Waals surface area contributed by atoms with Gasteiger partial charge in [-0.1, -0.05) is 0 Å². The zero-order valence-corrected chi connectivity index (χ0v) is 7.26. The molecule has 0 aliphatic carbocycles. The molecule has 1 atom stereocenters. The smallest absolute Gasteiger partial charge is 0.0976 e. The normalized spacial score (nSPS) is 25.6. The first-order chi connectivity index (χ1) is 4.66. The number of allylic oxidation sites excluding steroid dienone is 1. The minimum Gasteiger partial charge on any atom is -0.357 e. The van der Waals surface area contributed by atoms with Crippen LogP contribution in [0, 0.1) is 0 Å². The molecule has 1 aliphatic heterocycles. The quantitative estimate of drug-likeness (QED) is 0.544. The van der Waals surface area contributed by atoms with E-state index in [0.717, 1.165) is 6.54 Å². The molecule has 2 nitrogen and oxygen atoms in total. The van der Waals surface area contributed by atoms with E-state index in [1.807, 2.05) is 0 Å². The Kier molecular flexibility index (Phi) is 1.88. The second kappa shape index (κ2) is 2.52. The fraction of sp³-hybridized carbons (Fsp3) is 0.750. The molecule has 1 heterocycles. The SMILES string of the molecule is CCN1C=C(C)N(C)[C@@H]1C. The van der Waals surface area contributed by atoms with E-state index in [1.54, 1.807) is 0 Å². The third-order valence-electron chi connectivity index (χ3n) is 2.31. The van der Waals surface area contributed by atoms with E-state index in [2.05, 4.69) is 43.8 Å². The highest BCUT2D eigenvalue weighted by molar-refractivity contribution is 5.04. The molecule has 0 saturated heterocycles. The average Bonchev–Trinajstić information content (AvgIpc) is 2.17. The maximum Gasteiger partial charge on any atom is 0.0976 e. The fourth-order valence-electron chi connectivity index (χ4n) is 1.31. The molecule has 0 unspecified atom stereocenters. The molecule has 0 aromatic rings. The zero-order chi connectivity index (χ0) is 7.72. The summed E-state index contributed by atoms with van der Waals surface area (Å²) in [6.07, 6.45) is 2.76. The second-order valence-electron chi connectivity index (χ2n) is 2.84. The van der Waals surface area contributed by atoms with Crippen LogP contribution in [-0.2, 0) is 0 Å². The molecule has 0 radical (unpaired) electrons. The van der Waals surface area contributed by atoms with E-state index < -0.39 is 0 Å². The summed E-state index contributed by atoms with van der Waals surface area (Å²) in [5.41, 5.74) is 1.36. The second-order valence-corrected chi connectivity index (χ2v) is 2.84. The summed E-state index contributed by atoms with van der Waals surface area (Å²) in [5, 5.41) is 0. The van der Waals surface area contributed by atoms with Crippen molar-refractivity contribution in [3.05, 3.63) is 11.9 Å². The highest BCUT2D eigenvalue weighted by atomic mass is 15.4. The maximum absolute atomic E-state index is 2.33. The summed E-state index contributed by atoms with van der Waals surface area (Å²) in [7, 11) is 2.13. The van der Waals surface area contributed by atoms with Crippen LogP contribution in [0.3, 0.4) is 0 Å². The lowest BCUT2D eigenvalue weighted by Crippen LogP contribution is -2.34. The van der Waals surface area contributed by atoms with Crippen molar-refractivity contribution < 1.29 is 0 Å². The van der Waals surface area contributed by atoms with Gasteiger partial charge in [0, 0.05) is 25.5 Å². The third-order valence-corrected chi connectivity index (χ3v) is 2.31. The van der Waals surface area contributed by atoms with Crippen LogP contribution in [0.5, 0.6) is 0 Å². The summed E-state index contributed by atoms with van der Waals surface area (Å²) >= 11 is 0. The van der Waals surface area contributed by atoms with Crippen molar-refractivity contribution in [2.45, 2.75) is 26.9 Å². The first-order valence-electron chi connectivity index (χ1n) is 3.83. The van der Waals surface area contributed by atoms with E-state index in [9.17, 15) is 0 Å². The Morgan fingerprint density at radius 3 is 2.40 bits per heavy atom. The van der Waals surface area contributed by atoms with Crippen molar-refractivity contribution in [2.75, 3.05) is 13.6 Å². The van der Waals surface area contributed by atoms with Crippen LogP contribution in [0.2, 0.25) is 0 Å². The minimum atomic E-state index is 0.546. The van der Waals surface area contributed by atoms with E-state index >= 15 is 0 Å². The van der Waals surface area contributed by atoms with Crippen LogP contribution in [-0.4, -0.2) is 29.6 Å². The molecule has 10 heavy (non-hydrogen) atoms. The van der Waals surface area contributed by atoms with Gasteiger partial charge in [-0.25, -0.2) is 0 Å². The Balaban J connectivity index is 2.66. The molecule has 0 N–H and O–H groups in total. The first-order valence-corrected chi connectivity index (χ1v) is 3.83. The Morgan fingerprint density at radius 1 is 1.60 bits per heavy atom. The maximum atomic E-state index is 2.33. The topological polar surface area (TPSA) is 6.48 Å². The molecule has 0 fully saturated rings. The van der Waals surface area contributed by atoms with Crippen molar-refractivity contribution in [3.8, 4) is 0 Å². The minimum absolute atomic E-state index is 0.546. The van der Waals surface area contributed by atoms with Gasteiger partial charge >= 0.3 is 0 Å².